The molecule has 0 aromatic heterocycles. The number of carboxylic acid groups (broad SMARTS) is 1. The third-order valence-corrected chi connectivity index (χ3v) is 2.33. The number of methoxy groups -OCH3 is 1. The highest BCUT2D eigenvalue weighted by Crippen LogP contribution is 2.37. The van der Waals surface area contributed by atoms with E-state index in [1.54, 1.807) is 0 Å². The zero-order chi connectivity index (χ0) is 10.1. The largest absolute Gasteiger partial charge is 0.481 e. The second kappa shape index (κ2) is 3.24. The van der Waals surface area contributed by atoms with Crippen molar-refractivity contribution in [3.63, 3.8) is 0 Å². The lowest BCUT2D eigenvalue weighted by atomic mass is 9.69. The van der Waals surface area contributed by atoms with Gasteiger partial charge in [0, 0.05) is 5.54 Å². The second-order valence-electron chi connectivity index (χ2n) is 3.62. The van der Waals surface area contributed by atoms with Crippen molar-refractivity contribution in [1.82, 2.24) is 5.32 Å². The summed E-state index contributed by atoms with van der Waals surface area (Å²) in [5.74, 6) is -1.13. The fraction of sp³-hybridized carbons (Fsp3) is 0.750. The molecule has 0 bridgehead atoms. The van der Waals surface area contributed by atoms with Crippen LogP contribution in [-0.2, 0) is 9.53 Å². The summed E-state index contributed by atoms with van der Waals surface area (Å²) in [6.45, 7) is 1.81. The minimum Gasteiger partial charge on any atom is -0.481 e. The van der Waals surface area contributed by atoms with Gasteiger partial charge in [-0.2, -0.15) is 0 Å². The van der Waals surface area contributed by atoms with E-state index in [2.05, 4.69) is 10.1 Å². The Balaban J connectivity index is 2.38. The van der Waals surface area contributed by atoms with E-state index in [1.807, 2.05) is 6.92 Å². The molecule has 1 rings (SSSR count). The average molecular weight is 187 g/mol. The Morgan fingerprint density at radius 3 is 2.46 bits per heavy atom. The summed E-state index contributed by atoms with van der Waals surface area (Å²) in [7, 11) is 1.28. The number of carbonyl (C=O) groups excluding carboxylic acids is 1. The van der Waals surface area contributed by atoms with Gasteiger partial charge in [-0.1, -0.05) is 0 Å². The lowest BCUT2D eigenvalue weighted by Gasteiger charge is -2.43. The van der Waals surface area contributed by atoms with Crippen LogP contribution in [0.4, 0.5) is 4.79 Å². The van der Waals surface area contributed by atoms with E-state index in [1.165, 1.54) is 7.11 Å². The van der Waals surface area contributed by atoms with Crippen LogP contribution < -0.4 is 5.32 Å². The van der Waals surface area contributed by atoms with Gasteiger partial charge in [-0.25, -0.2) is 4.79 Å². The molecule has 2 N–H and O–H groups in total. The highest BCUT2D eigenvalue weighted by atomic mass is 16.5. The molecule has 0 saturated heterocycles. The molecule has 1 fully saturated rings. The van der Waals surface area contributed by atoms with Gasteiger partial charge in [0.1, 0.15) is 0 Å². The number of rotatable bonds is 2. The first-order valence-electron chi connectivity index (χ1n) is 4.06. The molecule has 1 saturated carbocycles. The number of aliphatic carboxylic acids is 1. The maximum Gasteiger partial charge on any atom is 0.407 e. The van der Waals surface area contributed by atoms with Crippen molar-refractivity contribution in [3.8, 4) is 0 Å². The predicted molar refractivity (Wildman–Crippen MR) is 44.3 cm³/mol. The average Bonchev–Trinajstić information content (AvgIpc) is 1.99. The summed E-state index contributed by atoms with van der Waals surface area (Å²) < 4.78 is 4.42. The first-order chi connectivity index (χ1) is 5.97. The number of amides is 1. The molecule has 74 valence electrons. The van der Waals surface area contributed by atoms with Gasteiger partial charge in [-0.3, -0.25) is 4.79 Å². The maximum absolute atomic E-state index is 10.8. The minimum atomic E-state index is -0.802. The molecule has 0 spiro atoms. The van der Waals surface area contributed by atoms with Crippen molar-refractivity contribution >= 4 is 12.1 Å². The number of hydrogen-bond acceptors (Lipinski definition) is 3. The zero-order valence-electron chi connectivity index (χ0n) is 7.66. The zero-order valence-corrected chi connectivity index (χ0v) is 7.66. The lowest BCUT2D eigenvalue weighted by molar-refractivity contribution is -0.147. The third kappa shape index (κ3) is 2.11. The summed E-state index contributed by atoms with van der Waals surface area (Å²) >= 11 is 0. The molecule has 0 heterocycles. The second-order valence-corrected chi connectivity index (χ2v) is 3.62. The molecule has 5 heteroatoms. The summed E-state index contributed by atoms with van der Waals surface area (Å²) in [5.41, 5.74) is -0.407. The van der Waals surface area contributed by atoms with Gasteiger partial charge >= 0.3 is 12.1 Å². The molecular formula is C8H13NO4. The lowest BCUT2D eigenvalue weighted by Crippen LogP contribution is -2.56. The fourth-order valence-corrected chi connectivity index (χ4v) is 1.60. The molecular weight excluding hydrogens is 174 g/mol. The van der Waals surface area contributed by atoms with Crippen molar-refractivity contribution in [2.24, 2.45) is 5.92 Å². The van der Waals surface area contributed by atoms with Crippen molar-refractivity contribution in [2.75, 3.05) is 7.11 Å². The molecule has 0 aliphatic heterocycles. The van der Waals surface area contributed by atoms with E-state index in [-0.39, 0.29) is 5.92 Å². The molecule has 5 nitrogen and oxygen atoms in total. The highest BCUT2D eigenvalue weighted by molar-refractivity contribution is 5.73. The Bertz CT molecular complexity index is 232. The van der Waals surface area contributed by atoms with Gasteiger partial charge in [0.2, 0.25) is 0 Å². The van der Waals surface area contributed by atoms with Crippen LogP contribution in [-0.4, -0.2) is 29.8 Å². The first-order valence-corrected chi connectivity index (χ1v) is 4.06. The number of alkyl carbamates (subject to hydrolysis) is 1. The van der Waals surface area contributed by atoms with Crippen LogP contribution in [0.3, 0.4) is 0 Å². The summed E-state index contributed by atoms with van der Waals surface area (Å²) in [4.78, 5) is 21.3. The van der Waals surface area contributed by atoms with Crippen molar-refractivity contribution in [2.45, 2.75) is 25.3 Å². The Morgan fingerprint density at radius 2 is 2.08 bits per heavy atom. The molecule has 0 aromatic carbocycles. The number of ether oxygens (including phenoxy) is 1. The van der Waals surface area contributed by atoms with Crippen LogP contribution in [0, 0.1) is 5.92 Å². The van der Waals surface area contributed by atoms with E-state index in [4.69, 9.17) is 5.11 Å². The predicted octanol–water partition coefficient (Wildman–Crippen LogP) is 0.596. The smallest absolute Gasteiger partial charge is 0.407 e. The van der Waals surface area contributed by atoms with Gasteiger partial charge in [0.25, 0.3) is 0 Å². The van der Waals surface area contributed by atoms with Gasteiger partial charge < -0.3 is 15.2 Å². The van der Waals surface area contributed by atoms with Crippen LogP contribution in [0.25, 0.3) is 0 Å². The van der Waals surface area contributed by atoms with Crippen molar-refractivity contribution < 1.29 is 19.4 Å². The standard InChI is InChI=1S/C8H13NO4/c1-8(9-7(12)13-2)3-5(4-8)6(10)11/h5H,3-4H2,1-2H3,(H,9,12)(H,10,11)/t5-,8+. The van der Waals surface area contributed by atoms with Crippen molar-refractivity contribution in [3.05, 3.63) is 0 Å². The van der Waals surface area contributed by atoms with Gasteiger partial charge in [0.15, 0.2) is 0 Å². The highest BCUT2D eigenvalue weighted by Gasteiger charge is 2.45. The van der Waals surface area contributed by atoms with E-state index < -0.39 is 17.6 Å². The Labute approximate surface area is 76.1 Å². The van der Waals surface area contributed by atoms with Crippen LogP contribution in [0.5, 0.6) is 0 Å². The number of hydrogen-bond donors (Lipinski definition) is 2. The van der Waals surface area contributed by atoms with Gasteiger partial charge in [-0.05, 0) is 19.8 Å². The third-order valence-electron chi connectivity index (χ3n) is 2.33. The molecule has 0 radical (unpaired) electrons. The summed E-state index contributed by atoms with van der Waals surface area (Å²) in [6, 6.07) is 0. The topological polar surface area (TPSA) is 75.6 Å². The molecule has 1 aliphatic rings. The van der Waals surface area contributed by atoms with E-state index in [0.29, 0.717) is 12.8 Å². The van der Waals surface area contributed by atoms with Crippen LogP contribution in [0.1, 0.15) is 19.8 Å². The number of nitrogens with one attached hydrogen (secondary N) is 1. The van der Waals surface area contributed by atoms with Crippen molar-refractivity contribution in [1.29, 1.82) is 0 Å². The van der Waals surface area contributed by atoms with E-state index in [0.717, 1.165) is 0 Å². The number of carbonyl (C=O) groups is 2. The quantitative estimate of drug-likeness (QED) is 0.663. The SMILES string of the molecule is COC(=O)N[C@]1(C)C[C@H](C(=O)O)C1. The van der Waals surface area contributed by atoms with Crippen LogP contribution >= 0.6 is 0 Å². The normalized spacial score (nSPS) is 31.7. The minimum absolute atomic E-state index is 0.331. The number of carboxylic acids is 1. The first kappa shape index (κ1) is 9.83. The maximum atomic E-state index is 10.8. The molecule has 1 amide bonds. The summed E-state index contributed by atoms with van der Waals surface area (Å²) in [6.07, 6.45) is 0.431. The fourth-order valence-electron chi connectivity index (χ4n) is 1.60. The van der Waals surface area contributed by atoms with Gasteiger partial charge in [-0.15, -0.1) is 0 Å². The molecule has 13 heavy (non-hydrogen) atoms. The Morgan fingerprint density at radius 1 is 1.54 bits per heavy atom. The monoisotopic (exact) mass is 187 g/mol. The summed E-state index contributed by atoms with van der Waals surface area (Å²) in [5, 5.41) is 11.2. The van der Waals surface area contributed by atoms with Gasteiger partial charge in [0.05, 0.1) is 13.0 Å². The van der Waals surface area contributed by atoms with Crippen LogP contribution in [0.2, 0.25) is 0 Å². The molecule has 0 atom stereocenters. The molecule has 0 unspecified atom stereocenters. The Kier molecular flexibility index (Phi) is 2.45. The molecule has 1 aliphatic carbocycles. The van der Waals surface area contributed by atoms with Crippen LogP contribution in [0.15, 0.2) is 0 Å². The Hall–Kier alpha value is -1.26. The van der Waals surface area contributed by atoms with E-state index >= 15 is 0 Å². The molecule has 0 aromatic rings. The van der Waals surface area contributed by atoms with E-state index in [9.17, 15) is 9.59 Å².